The van der Waals surface area contributed by atoms with E-state index in [0.717, 1.165) is 6.42 Å². The molecule has 0 heterocycles. The topological polar surface area (TPSA) is 55.1 Å². The summed E-state index contributed by atoms with van der Waals surface area (Å²) in [5.74, 6) is 0.573. The Labute approximate surface area is 137 Å². The molecule has 118 valence electrons. The highest BCUT2D eigenvalue weighted by Crippen LogP contribution is 2.48. The highest BCUT2D eigenvalue weighted by Gasteiger charge is 2.44. The summed E-state index contributed by atoms with van der Waals surface area (Å²) in [4.78, 5) is 12.3. The molecule has 3 nitrogen and oxygen atoms in total. The summed E-state index contributed by atoms with van der Waals surface area (Å²) >= 11 is 0. The van der Waals surface area contributed by atoms with Gasteiger partial charge in [-0.2, -0.15) is 0 Å². The molecule has 3 rings (SSSR count). The number of amides is 1. The standard InChI is InChI=1S/C18H22N2O.ClH/c1-18(2,11-19)20-17(21)16-10-15(16)14-8-7-12-5-3-4-6-13(12)9-14;/h3-9,15-16H,10-11,19H2,1-2H3,(H,20,21);1H. The van der Waals surface area contributed by atoms with Gasteiger partial charge in [0.25, 0.3) is 0 Å². The van der Waals surface area contributed by atoms with Crippen molar-refractivity contribution in [1.29, 1.82) is 0 Å². The number of fused-ring (bicyclic) bond motifs is 1. The molecule has 1 saturated carbocycles. The molecule has 22 heavy (non-hydrogen) atoms. The second-order valence-electron chi connectivity index (χ2n) is 6.63. The van der Waals surface area contributed by atoms with Crippen molar-refractivity contribution in [3.05, 3.63) is 48.0 Å². The molecule has 1 amide bonds. The zero-order valence-corrected chi connectivity index (χ0v) is 13.8. The average Bonchev–Trinajstić information content (AvgIpc) is 3.27. The molecule has 2 aromatic rings. The summed E-state index contributed by atoms with van der Waals surface area (Å²) in [6.45, 7) is 4.36. The first-order chi connectivity index (χ1) is 10.00. The van der Waals surface area contributed by atoms with E-state index >= 15 is 0 Å². The molecular weight excluding hydrogens is 296 g/mol. The molecule has 0 spiro atoms. The normalized spacial score (nSPS) is 20.3. The molecule has 1 aliphatic rings. The van der Waals surface area contributed by atoms with Crippen LogP contribution in [-0.4, -0.2) is 18.0 Å². The minimum atomic E-state index is -0.326. The van der Waals surface area contributed by atoms with Gasteiger partial charge < -0.3 is 11.1 Å². The number of hydrogen-bond donors (Lipinski definition) is 2. The van der Waals surface area contributed by atoms with Crippen LogP contribution >= 0.6 is 12.4 Å². The molecule has 2 atom stereocenters. The molecule has 0 aliphatic heterocycles. The molecule has 3 N–H and O–H groups in total. The van der Waals surface area contributed by atoms with Gasteiger partial charge in [0.15, 0.2) is 0 Å². The van der Waals surface area contributed by atoms with Gasteiger partial charge in [0, 0.05) is 18.0 Å². The third-order valence-corrected chi connectivity index (χ3v) is 4.30. The fraction of sp³-hybridized carbons (Fsp3) is 0.389. The highest BCUT2D eigenvalue weighted by molar-refractivity contribution is 5.86. The first kappa shape index (κ1) is 16.8. The molecule has 1 aliphatic carbocycles. The molecule has 0 bridgehead atoms. The van der Waals surface area contributed by atoms with Crippen molar-refractivity contribution in [3.63, 3.8) is 0 Å². The van der Waals surface area contributed by atoms with Crippen molar-refractivity contribution in [3.8, 4) is 0 Å². The van der Waals surface area contributed by atoms with Crippen molar-refractivity contribution < 1.29 is 4.79 Å². The Morgan fingerprint density at radius 2 is 1.91 bits per heavy atom. The van der Waals surface area contributed by atoms with Crippen LogP contribution in [0.15, 0.2) is 42.5 Å². The van der Waals surface area contributed by atoms with Gasteiger partial charge in [-0.25, -0.2) is 0 Å². The Hall–Kier alpha value is -1.58. The molecule has 2 unspecified atom stereocenters. The molecule has 0 aromatic heterocycles. The van der Waals surface area contributed by atoms with Crippen LogP contribution < -0.4 is 11.1 Å². The predicted octanol–water partition coefficient (Wildman–Crippen LogP) is 3.22. The molecule has 4 heteroatoms. The number of benzene rings is 2. The number of nitrogens with one attached hydrogen (secondary N) is 1. The first-order valence-electron chi connectivity index (χ1n) is 7.51. The summed E-state index contributed by atoms with van der Waals surface area (Å²) in [5.41, 5.74) is 6.61. The Balaban J connectivity index is 0.00000176. The van der Waals surface area contributed by atoms with Crippen molar-refractivity contribution in [2.75, 3.05) is 6.54 Å². The van der Waals surface area contributed by atoms with E-state index in [2.05, 4.69) is 35.6 Å². The summed E-state index contributed by atoms with van der Waals surface area (Å²) in [6, 6.07) is 14.8. The lowest BCUT2D eigenvalue weighted by atomic mass is 10.0. The summed E-state index contributed by atoms with van der Waals surface area (Å²) < 4.78 is 0. The first-order valence-corrected chi connectivity index (χ1v) is 7.51. The molecule has 1 fully saturated rings. The van der Waals surface area contributed by atoms with Gasteiger partial charge in [-0.3, -0.25) is 4.79 Å². The number of nitrogens with two attached hydrogens (primary N) is 1. The predicted molar refractivity (Wildman–Crippen MR) is 93.3 cm³/mol. The fourth-order valence-electron chi connectivity index (χ4n) is 2.77. The maximum Gasteiger partial charge on any atom is 0.224 e. The van der Waals surface area contributed by atoms with Gasteiger partial charge in [-0.1, -0.05) is 42.5 Å². The fourth-order valence-corrected chi connectivity index (χ4v) is 2.77. The van der Waals surface area contributed by atoms with Crippen LogP contribution in [0.4, 0.5) is 0 Å². The Morgan fingerprint density at radius 1 is 1.23 bits per heavy atom. The van der Waals surface area contributed by atoms with Crippen LogP contribution in [0.1, 0.15) is 31.7 Å². The van der Waals surface area contributed by atoms with E-state index < -0.39 is 0 Å². The summed E-state index contributed by atoms with van der Waals surface area (Å²) in [6.07, 6.45) is 0.935. The van der Waals surface area contributed by atoms with Gasteiger partial charge in [-0.15, -0.1) is 12.4 Å². The van der Waals surface area contributed by atoms with Crippen molar-refractivity contribution in [1.82, 2.24) is 5.32 Å². The van der Waals surface area contributed by atoms with Crippen molar-refractivity contribution in [2.24, 2.45) is 11.7 Å². The molecule has 0 saturated heterocycles. The Morgan fingerprint density at radius 3 is 2.59 bits per heavy atom. The number of halogens is 1. The van der Waals surface area contributed by atoms with Crippen LogP contribution in [0.3, 0.4) is 0 Å². The lowest BCUT2D eigenvalue weighted by molar-refractivity contribution is -0.123. The lowest BCUT2D eigenvalue weighted by Crippen LogP contribution is -2.49. The van der Waals surface area contributed by atoms with E-state index in [-0.39, 0.29) is 29.8 Å². The Bertz CT molecular complexity index is 684. The number of carbonyl (C=O) groups excluding carboxylic acids is 1. The zero-order chi connectivity index (χ0) is 15.0. The van der Waals surface area contributed by atoms with E-state index in [1.807, 2.05) is 26.0 Å². The van der Waals surface area contributed by atoms with Crippen molar-refractivity contribution >= 4 is 29.1 Å². The maximum absolute atomic E-state index is 12.3. The second kappa shape index (κ2) is 6.27. The van der Waals surface area contributed by atoms with Gasteiger partial charge >= 0.3 is 0 Å². The minimum absolute atomic E-state index is 0. The lowest BCUT2D eigenvalue weighted by Gasteiger charge is -2.24. The third kappa shape index (κ3) is 3.42. The Kier molecular flexibility index (Phi) is 4.78. The summed E-state index contributed by atoms with van der Waals surface area (Å²) in [5, 5.41) is 5.52. The van der Waals surface area contributed by atoms with Gasteiger partial charge in [0.1, 0.15) is 0 Å². The van der Waals surface area contributed by atoms with Crippen LogP contribution in [0.25, 0.3) is 10.8 Å². The minimum Gasteiger partial charge on any atom is -0.350 e. The van der Waals surface area contributed by atoms with Gasteiger partial charge in [-0.05, 0) is 42.5 Å². The third-order valence-electron chi connectivity index (χ3n) is 4.30. The van der Waals surface area contributed by atoms with E-state index in [4.69, 9.17) is 5.73 Å². The highest BCUT2D eigenvalue weighted by atomic mass is 35.5. The van der Waals surface area contributed by atoms with Gasteiger partial charge in [0.2, 0.25) is 5.91 Å². The number of hydrogen-bond acceptors (Lipinski definition) is 2. The van der Waals surface area contributed by atoms with Crippen LogP contribution in [0.5, 0.6) is 0 Å². The second-order valence-corrected chi connectivity index (χ2v) is 6.63. The van der Waals surface area contributed by atoms with E-state index in [1.165, 1.54) is 16.3 Å². The largest absolute Gasteiger partial charge is 0.350 e. The van der Waals surface area contributed by atoms with Crippen molar-refractivity contribution in [2.45, 2.75) is 31.7 Å². The number of carbonyl (C=O) groups is 1. The van der Waals surface area contributed by atoms with Crippen LogP contribution in [0, 0.1) is 5.92 Å². The summed E-state index contributed by atoms with van der Waals surface area (Å²) in [7, 11) is 0. The smallest absolute Gasteiger partial charge is 0.224 e. The number of rotatable bonds is 4. The van der Waals surface area contributed by atoms with E-state index in [1.54, 1.807) is 0 Å². The molecule has 0 radical (unpaired) electrons. The van der Waals surface area contributed by atoms with Gasteiger partial charge in [0.05, 0.1) is 0 Å². The SMILES string of the molecule is CC(C)(CN)NC(=O)C1CC1c1ccc2ccccc2c1.Cl. The van der Waals surface area contributed by atoms with Crippen LogP contribution in [-0.2, 0) is 4.79 Å². The van der Waals surface area contributed by atoms with Crippen LogP contribution in [0.2, 0.25) is 0 Å². The zero-order valence-electron chi connectivity index (χ0n) is 13.0. The average molecular weight is 319 g/mol. The molecular formula is C18H23ClN2O. The maximum atomic E-state index is 12.3. The monoisotopic (exact) mass is 318 g/mol. The molecule has 2 aromatic carbocycles. The quantitative estimate of drug-likeness (QED) is 0.909. The van der Waals surface area contributed by atoms with E-state index in [9.17, 15) is 4.79 Å². The van der Waals surface area contributed by atoms with E-state index in [0.29, 0.717) is 12.5 Å².